The highest BCUT2D eigenvalue weighted by atomic mass is 35.5. The lowest BCUT2D eigenvalue weighted by molar-refractivity contribution is 0.268. The maximum absolute atomic E-state index is 9.29. The van der Waals surface area contributed by atoms with Crippen molar-refractivity contribution in [2.24, 2.45) is 5.73 Å². The van der Waals surface area contributed by atoms with Crippen molar-refractivity contribution in [3.8, 4) is 0 Å². The van der Waals surface area contributed by atoms with E-state index in [4.69, 9.17) is 5.73 Å². The molecule has 0 aliphatic rings. The van der Waals surface area contributed by atoms with Gasteiger partial charge in [-0.15, -0.1) is 12.4 Å². The molecule has 0 fully saturated rings. The summed E-state index contributed by atoms with van der Waals surface area (Å²) in [6.45, 7) is -0.0394. The fourth-order valence-electron chi connectivity index (χ4n) is 2.49. The van der Waals surface area contributed by atoms with Crippen LogP contribution in [0.5, 0.6) is 0 Å². The highest BCUT2D eigenvalue weighted by molar-refractivity contribution is 6.09. The van der Waals surface area contributed by atoms with Crippen molar-refractivity contribution in [2.75, 3.05) is 6.61 Å². The zero-order valence-corrected chi connectivity index (χ0v) is 11.2. The van der Waals surface area contributed by atoms with Crippen LogP contribution in [0.15, 0.2) is 54.6 Å². The molecule has 3 rings (SSSR count). The fourth-order valence-corrected chi connectivity index (χ4v) is 2.49. The minimum atomic E-state index is -0.334. The van der Waals surface area contributed by atoms with E-state index < -0.39 is 0 Å². The van der Waals surface area contributed by atoms with E-state index in [1.807, 2.05) is 24.3 Å². The van der Waals surface area contributed by atoms with E-state index in [1.165, 1.54) is 10.8 Å². The summed E-state index contributed by atoms with van der Waals surface area (Å²) in [7, 11) is 0. The normalized spacial score (nSPS) is 12.3. The van der Waals surface area contributed by atoms with Gasteiger partial charge < -0.3 is 10.8 Å². The minimum absolute atomic E-state index is 0. The lowest BCUT2D eigenvalue weighted by Gasteiger charge is -2.14. The Labute approximate surface area is 118 Å². The van der Waals surface area contributed by atoms with Crippen LogP contribution in [0.25, 0.3) is 21.5 Å². The number of hydrogen-bond acceptors (Lipinski definition) is 2. The Hall–Kier alpha value is -1.61. The number of aliphatic hydroxyl groups excluding tert-OH is 1. The molecule has 0 spiro atoms. The van der Waals surface area contributed by atoms with Crippen molar-refractivity contribution in [3.63, 3.8) is 0 Å². The van der Waals surface area contributed by atoms with Gasteiger partial charge in [0.2, 0.25) is 0 Å². The van der Waals surface area contributed by atoms with Crippen LogP contribution >= 0.6 is 12.4 Å². The summed E-state index contributed by atoms with van der Waals surface area (Å²) in [6.07, 6.45) is 0. The van der Waals surface area contributed by atoms with E-state index in [-0.39, 0.29) is 25.1 Å². The molecule has 98 valence electrons. The number of benzene rings is 3. The van der Waals surface area contributed by atoms with E-state index in [0.29, 0.717) is 0 Å². The van der Waals surface area contributed by atoms with Gasteiger partial charge in [-0.3, -0.25) is 0 Å². The van der Waals surface area contributed by atoms with Gasteiger partial charge in [-0.2, -0.15) is 0 Å². The van der Waals surface area contributed by atoms with Crippen molar-refractivity contribution in [3.05, 3.63) is 60.2 Å². The SMILES string of the molecule is Cl.N[C@@H](CO)c1cc2ccccc2c2ccccc12. The first kappa shape index (κ1) is 13.8. The second-order valence-corrected chi connectivity index (χ2v) is 4.52. The molecular formula is C16H16ClNO. The van der Waals surface area contributed by atoms with Gasteiger partial charge in [0.05, 0.1) is 12.6 Å². The molecule has 0 unspecified atom stereocenters. The van der Waals surface area contributed by atoms with Gasteiger partial charge in [-0.05, 0) is 33.2 Å². The van der Waals surface area contributed by atoms with Crippen LogP contribution < -0.4 is 5.73 Å². The summed E-state index contributed by atoms with van der Waals surface area (Å²) in [4.78, 5) is 0. The standard InChI is InChI=1S/C16H15NO.ClH/c17-16(10-18)15-9-11-5-1-2-6-12(11)13-7-3-4-8-14(13)15;/h1-9,16,18H,10,17H2;1H/t16-;/m0./s1. The van der Waals surface area contributed by atoms with Crippen molar-refractivity contribution >= 4 is 34.0 Å². The van der Waals surface area contributed by atoms with E-state index in [1.54, 1.807) is 0 Å². The van der Waals surface area contributed by atoms with E-state index >= 15 is 0 Å². The Morgan fingerprint density at radius 1 is 0.895 bits per heavy atom. The molecule has 0 heterocycles. The third-order valence-corrected chi connectivity index (χ3v) is 3.40. The highest BCUT2D eigenvalue weighted by Gasteiger charge is 2.11. The molecule has 19 heavy (non-hydrogen) atoms. The van der Waals surface area contributed by atoms with Crippen molar-refractivity contribution < 1.29 is 5.11 Å². The van der Waals surface area contributed by atoms with Crippen molar-refractivity contribution in [1.82, 2.24) is 0 Å². The first-order valence-electron chi connectivity index (χ1n) is 6.08. The van der Waals surface area contributed by atoms with Crippen LogP contribution in [-0.2, 0) is 0 Å². The van der Waals surface area contributed by atoms with Crippen LogP contribution in [0.3, 0.4) is 0 Å². The van der Waals surface area contributed by atoms with E-state index in [9.17, 15) is 5.11 Å². The second kappa shape index (κ2) is 5.57. The molecule has 0 aliphatic heterocycles. The number of nitrogens with two attached hydrogens (primary N) is 1. The highest BCUT2D eigenvalue weighted by Crippen LogP contribution is 2.30. The monoisotopic (exact) mass is 273 g/mol. The summed E-state index contributed by atoms with van der Waals surface area (Å²) in [5.41, 5.74) is 7.01. The molecular weight excluding hydrogens is 258 g/mol. The first-order chi connectivity index (χ1) is 8.81. The molecule has 3 aromatic rings. The van der Waals surface area contributed by atoms with Crippen LogP contribution in [-0.4, -0.2) is 11.7 Å². The molecule has 0 bridgehead atoms. The molecule has 0 saturated heterocycles. The van der Waals surface area contributed by atoms with Crippen LogP contribution in [0, 0.1) is 0 Å². The largest absolute Gasteiger partial charge is 0.394 e. The summed E-state index contributed by atoms with van der Waals surface area (Å²) in [5.74, 6) is 0. The number of aliphatic hydroxyl groups is 1. The Kier molecular flexibility index (Phi) is 4.05. The summed E-state index contributed by atoms with van der Waals surface area (Å²) < 4.78 is 0. The third-order valence-electron chi connectivity index (χ3n) is 3.40. The van der Waals surface area contributed by atoms with Crippen LogP contribution in [0.4, 0.5) is 0 Å². The summed E-state index contributed by atoms with van der Waals surface area (Å²) >= 11 is 0. The van der Waals surface area contributed by atoms with E-state index in [0.717, 1.165) is 16.3 Å². The lowest BCUT2D eigenvalue weighted by atomic mass is 9.94. The third kappa shape index (κ3) is 2.30. The zero-order chi connectivity index (χ0) is 12.5. The van der Waals surface area contributed by atoms with Gasteiger partial charge in [-0.1, -0.05) is 48.5 Å². The number of fused-ring (bicyclic) bond motifs is 3. The Balaban J connectivity index is 0.00000133. The molecule has 3 heteroatoms. The maximum atomic E-state index is 9.29. The Bertz CT molecular complexity index is 711. The predicted molar refractivity (Wildman–Crippen MR) is 82.7 cm³/mol. The molecule has 1 atom stereocenters. The average Bonchev–Trinajstić information content (AvgIpc) is 2.45. The fraction of sp³-hybridized carbons (Fsp3) is 0.125. The average molecular weight is 274 g/mol. The van der Waals surface area contributed by atoms with Crippen molar-refractivity contribution in [2.45, 2.75) is 6.04 Å². The topological polar surface area (TPSA) is 46.2 Å². The number of halogens is 1. The molecule has 0 aliphatic carbocycles. The summed E-state index contributed by atoms with van der Waals surface area (Å²) in [6, 6.07) is 18.2. The van der Waals surface area contributed by atoms with Gasteiger partial charge in [-0.25, -0.2) is 0 Å². The van der Waals surface area contributed by atoms with Crippen molar-refractivity contribution in [1.29, 1.82) is 0 Å². The molecule has 0 saturated carbocycles. The van der Waals surface area contributed by atoms with E-state index in [2.05, 4.69) is 30.3 Å². The van der Waals surface area contributed by atoms with Gasteiger partial charge in [0, 0.05) is 0 Å². The predicted octanol–water partition coefficient (Wildman–Crippen LogP) is 3.41. The second-order valence-electron chi connectivity index (χ2n) is 4.52. The number of hydrogen-bond donors (Lipinski definition) is 2. The maximum Gasteiger partial charge on any atom is 0.0624 e. The van der Waals surface area contributed by atoms with Crippen LogP contribution in [0.2, 0.25) is 0 Å². The molecule has 0 radical (unpaired) electrons. The molecule has 3 aromatic carbocycles. The van der Waals surface area contributed by atoms with Gasteiger partial charge in [0.1, 0.15) is 0 Å². The quantitative estimate of drug-likeness (QED) is 0.703. The molecule has 2 nitrogen and oxygen atoms in total. The molecule has 0 amide bonds. The first-order valence-corrected chi connectivity index (χ1v) is 6.08. The lowest BCUT2D eigenvalue weighted by Crippen LogP contribution is -2.14. The van der Waals surface area contributed by atoms with Crippen LogP contribution in [0.1, 0.15) is 11.6 Å². The Morgan fingerprint density at radius 2 is 1.47 bits per heavy atom. The molecule has 0 aromatic heterocycles. The summed E-state index contributed by atoms with van der Waals surface area (Å²) in [5, 5.41) is 14.0. The zero-order valence-electron chi connectivity index (χ0n) is 10.4. The molecule has 3 N–H and O–H groups in total. The van der Waals surface area contributed by atoms with Gasteiger partial charge in [0.25, 0.3) is 0 Å². The Morgan fingerprint density at radius 3 is 2.16 bits per heavy atom. The minimum Gasteiger partial charge on any atom is -0.394 e. The van der Waals surface area contributed by atoms with Gasteiger partial charge in [0.15, 0.2) is 0 Å². The van der Waals surface area contributed by atoms with Gasteiger partial charge >= 0.3 is 0 Å². The number of rotatable bonds is 2. The smallest absolute Gasteiger partial charge is 0.0624 e.